The maximum absolute atomic E-state index is 5.32. The van der Waals surface area contributed by atoms with Gasteiger partial charge in [0.25, 0.3) is 0 Å². The van der Waals surface area contributed by atoms with E-state index in [4.69, 9.17) is 9.47 Å². The lowest BCUT2D eigenvalue weighted by atomic mass is 10.1. The van der Waals surface area contributed by atoms with Crippen molar-refractivity contribution in [3.05, 3.63) is 23.8 Å². The Balaban J connectivity index is 0.00000200. The Morgan fingerprint density at radius 1 is 1.15 bits per heavy atom. The Bertz CT molecular complexity index is 406. The minimum absolute atomic E-state index is 0. The number of piperazine rings is 1. The Labute approximate surface area is 127 Å². The van der Waals surface area contributed by atoms with Crippen LogP contribution in [0, 0.1) is 0 Å². The first-order valence-electron chi connectivity index (χ1n) is 6.81. The van der Waals surface area contributed by atoms with Gasteiger partial charge in [0.1, 0.15) is 11.5 Å². The highest BCUT2D eigenvalue weighted by Crippen LogP contribution is 2.24. The monoisotopic (exact) mass is 300 g/mol. The normalized spacial score (nSPS) is 23.0. The molecule has 4 nitrogen and oxygen atoms in total. The number of methoxy groups -OCH3 is 2. The van der Waals surface area contributed by atoms with E-state index in [1.807, 2.05) is 6.07 Å². The molecule has 0 spiro atoms. The second-order valence-corrected chi connectivity index (χ2v) is 5.31. The van der Waals surface area contributed by atoms with Crippen molar-refractivity contribution in [2.45, 2.75) is 32.5 Å². The van der Waals surface area contributed by atoms with Crippen LogP contribution in [0.3, 0.4) is 0 Å². The van der Waals surface area contributed by atoms with Gasteiger partial charge in [0.05, 0.1) is 14.2 Å². The molecule has 0 saturated carbocycles. The van der Waals surface area contributed by atoms with Crippen molar-refractivity contribution in [3.8, 4) is 11.5 Å². The fourth-order valence-electron chi connectivity index (χ4n) is 2.51. The van der Waals surface area contributed by atoms with Gasteiger partial charge in [0.15, 0.2) is 0 Å². The van der Waals surface area contributed by atoms with E-state index >= 15 is 0 Å². The molecule has 0 radical (unpaired) electrons. The van der Waals surface area contributed by atoms with Crippen LogP contribution in [0.25, 0.3) is 0 Å². The Hall–Kier alpha value is -0.970. The number of halogens is 1. The lowest BCUT2D eigenvalue weighted by Crippen LogP contribution is -2.53. The number of nitrogens with one attached hydrogen (secondary N) is 1. The van der Waals surface area contributed by atoms with Gasteiger partial charge in [-0.3, -0.25) is 4.90 Å². The fraction of sp³-hybridized carbons (Fsp3) is 0.600. The van der Waals surface area contributed by atoms with Gasteiger partial charge in [0.2, 0.25) is 0 Å². The molecule has 1 aliphatic rings. The van der Waals surface area contributed by atoms with Crippen molar-refractivity contribution in [1.29, 1.82) is 0 Å². The number of hydrogen-bond donors (Lipinski definition) is 1. The third-order valence-electron chi connectivity index (χ3n) is 3.69. The molecule has 0 amide bonds. The number of hydrogen-bond acceptors (Lipinski definition) is 4. The molecule has 20 heavy (non-hydrogen) atoms. The standard InChI is InChI=1S/C15H24N2O2.ClH/c1-11-9-17(12(2)8-16-11)10-13-5-14(18-3)7-15(6-13)19-4;/h5-7,11-12,16H,8-10H2,1-4H3;1H. The van der Waals surface area contributed by atoms with Crippen LogP contribution < -0.4 is 14.8 Å². The third-order valence-corrected chi connectivity index (χ3v) is 3.69. The van der Waals surface area contributed by atoms with Gasteiger partial charge in [-0.15, -0.1) is 12.4 Å². The molecule has 1 fully saturated rings. The summed E-state index contributed by atoms with van der Waals surface area (Å²) in [6.45, 7) is 7.53. The fourth-order valence-corrected chi connectivity index (χ4v) is 2.51. The average Bonchev–Trinajstić information content (AvgIpc) is 2.42. The van der Waals surface area contributed by atoms with E-state index in [9.17, 15) is 0 Å². The van der Waals surface area contributed by atoms with Gasteiger partial charge in [-0.1, -0.05) is 0 Å². The molecule has 1 aliphatic heterocycles. The van der Waals surface area contributed by atoms with Gasteiger partial charge in [-0.05, 0) is 31.5 Å². The van der Waals surface area contributed by atoms with Gasteiger partial charge in [-0.25, -0.2) is 0 Å². The average molecular weight is 301 g/mol. The van der Waals surface area contributed by atoms with Crippen LogP contribution in [0.5, 0.6) is 11.5 Å². The molecular weight excluding hydrogens is 276 g/mol. The predicted octanol–water partition coefficient (Wildman–Crippen LogP) is 2.31. The highest BCUT2D eigenvalue weighted by Gasteiger charge is 2.22. The van der Waals surface area contributed by atoms with Crippen molar-refractivity contribution >= 4 is 12.4 Å². The summed E-state index contributed by atoms with van der Waals surface area (Å²) in [6, 6.07) is 7.18. The summed E-state index contributed by atoms with van der Waals surface area (Å²) in [6.07, 6.45) is 0. The van der Waals surface area contributed by atoms with Gasteiger partial charge in [-0.2, -0.15) is 0 Å². The Kier molecular flexibility index (Phi) is 6.59. The van der Waals surface area contributed by atoms with Crippen molar-refractivity contribution in [2.24, 2.45) is 0 Å². The number of rotatable bonds is 4. The van der Waals surface area contributed by atoms with Gasteiger partial charge >= 0.3 is 0 Å². The van der Waals surface area contributed by atoms with Gasteiger partial charge < -0.3 is 14.8 Å². The summed E-state index contributed by atoms with van der Waals surface area (Å²) >= 11 is 0. The zero-order valence-corrected chi connectivity index (χ0v) is 13.5. The molecule has 5 heteroatoms. The van der Waals surface area contributed by atoms with Crippen molar-refractivity contribution in [3.63, 3.8) is 0 Å². The molecule has 2 unspecified atom stereocenters. The molecule has 1 N–H and O–H groups in total. The molecular formula is C15H25ClN2O2. The van der Waals surface area contributed by atoms with Crippen LogP contribution >= 0.6 is 12.4 Å². The van der Waals surface area contributed by atoms with Crippen molar-refractivity contribution in [2.75, 3.05) is 27.3 Å². The zero-order chi connectivity index (χ0) is 13.8. The van der Waals surface area contributed by atoms with Crippen LogP contribution in [0.2, 0.25) is 0 Å². The van der Waals surface area contributed by atoms with Crippen LogP contribution in [0.1, 0.15) is 19.4 Å². The smallest absolute Gasteiger partial charge is 0.122 e. The molecule has 1 heterocycles. The molecule has 2 atom stereocenters. The largest absolute Gasteiger partial charge is 0.497 e. The number of ether oxygens (including phenoxy) is 2. The van der Waals surface area contributed by atoms with Crippen LogP contribution in [-0.2, 0) is 6.54 Å². The SMILES string of the molecule is COc1cc(CN2CC(C)NCC2C)cc(OC)c1.Cl. The highest BCUT2D eigenvalue weighted by atomic mass is 35.5. The molecule has 0 aromatic heterocycles. The predicted molar refractivity (Wildman–Crippen MR) is 84.1 cm³/mol. The van der Waals surface area contributed by atoms with E-state index in [0.29, 0.717) is 12.1 Å². The molecule has 0 bridgehead atoms. The van der Waals surface area contributed by atoms with E-state index in [2.05, 4.69) is 36.2 Å². The highest BCUT2D eigenvalue weighted by molar-refractivity contribution is 5.85. The quantitative estimate of drug-likeness (QED) is 0.925. The lowest BCUT2D eigenvalue weighted by molar-refractivity contribution is 0.138. The second kappa shape index (κ2) is 7.72. The topological polar surface area (TPSA) is 33.7 Å². The molecule has 2 rings (SSSR count). The summed E-state index contributed by atoms with van der Waals surface area (Å²) < 4.78 is 10.6. The summed E-state index contributed by atoms with van der Waals surface area (Å²) in [4.78, 5) is 2.50. The molecule has 114 valence electrons. The van der Waals surface area contributed by atoms with Crippen molar-refractivity contribution in [1.82, 2.24) is 10.2 Å². The maximum atomic E-state index is 5.32. The van der Waals surface area contributed by atoms with E-state index in [0.717, 1.165) is 31.1 Å². The second-order valence-electron chi connectivity index (χ2n) is 5.31. The third kappa shape index (κ3) is 4.27. The van der Waals surface area contributed by atoms with Crippen LogP contribution in [0.15, 0.2) is 18.2 Å². The Morgan fingerprint density at radius 3 is 2.30 bits per heavy atom. The van der Waals surface area contributed by atoms with E-state index in [-0.39, 0.29) is 12.4 Å². The number of benzene rings is 1. The molecule has 1 aromatic rings. The first kappa shape index (κ1) is 17.1. The minimum Gasteiger partial charge on any atom is -0.497 e. The first-order chi connectivity index (χ1) is 9.12. The summed E-state index contributed by atoms with van der Waals surface area (Å²) in [5, 5.41) is 3.50. The minimum atomic E-state index is 0. The lowest BCUT2D eigenvalue weighted by Gasteiger charge is -2.37. The maximum Gasteiger partial charge on any atom is 0.122 e. The summed E-state index contributed by atoms with van der Waals surface area (Å²) in [5.41, 5.74) is 1.23. The van der Waals surface area contributed by atoms with Crippen LogP contribution in [-0.4, -0.2) is 44.3 Å². The zero-order valence-electron chi connectivity index (χ0n) is 12.7. The molecule has 1 aromatic carbocycles. The molecule has 0 aliphatic carbocycles. The van der Waals surface area contributed by atoms with E-state index in [1.165, 1.54) is 5.56 Å². The van der Waals surface area contributed by atoms with Crippen LogP contribution in [0.4, 0.5) is 0 Å². The Morgan fingerprint density at radius 2 is 1.75 bits per heavy atom. The van der Waals surface area contributed by atoms with E-state index in [1.54, 1.807) is 14.2 Å². The van der Waals surface area contributed by atoms with E-state index < -0.39 is 0 Å². The van der Waals surface area contributed by atoms with Gasteiger partial charge in [0, 0.05) is 37.8 Å². The number of nitrogens with zero attached hydrogens (tertiary/aromatic N) is 1. The van der Waals surface area contributed by atoms with Crippen molar-refractivity contribution < 1.29 is 9.47 Å². The summed E-state index contributed by atoms with van der Waals surface area (Å²) in [5.74, 6) is 1.70. The summed E-state index contributed by atoms with van der Waals surface area (Å²) in [7, 11) is 3.38. The molecule has 1 saturated heterocycles. The first-order valence-corrected chi connectivity index (χ1v) is 6.81.